The number of ether oxygens (including phenoxy) is 1. The second-order valence-corrected chi connectivity index (χ2v) is 7.06. The predicted octanol–water partition coefficient (Wildman–Crippen LogP) is 3.26. The van der Waals surface area contributed by atoms with Gasteiger partial charge in [0.1, 0.15) is 0 Å². The van der Waals surface area contributed by atoms with Gasteiger partial charge in [0.25, 0.3) is 0 Å². The first-order valence-electron chi connectivity index (χ1n) is 9.78. The fourth-order valence-electron chi connectivity index (χ4n) is 3.35. The molecule has 1 aliphatic heterocycles. The average molecular weight is 404 g/mol. The number of carbonyl (C=O) groups excluding carboxylic acids is 1. The number of benzene rings is 2. The van der Waals surface area contributed by atoms with E-state index in [-0.39, 0.29) is 5.91 Å². The van der Waals surface area contributed by atoms with Crippen molar-refractivity contribution < 1.29 is 9.53 Å². The molecule has 8 nitrogen and oxygen atoms in total. The number of carbonyl (C=O) groups is 1. The van der Waals surface area contributed by atoms with Crippen molar-refractivity contribution in [2.24, 2.45) is 0 Å². The molecule has 2 aromatic carbocycles. The summed E-state index contributed by atoms with van der Waals surface area (Å²) in [5.41, 5.74) is 11.1. The Hall–Kier alpha value is -3.65. The topological polar surface area (TPSA) is 105 Å². The molecule has 4 N–H and O–H groups in total. The first-order chi connectivity index (χ1) is 14.6. The number of nitrogens with zero attached hydrogens (tertiary/aromatic N) is 3. The van der Waals surface area contributed by atoms with Crippen molar-refractivity contribution in [3.8, 4) is 11.3 Å². The van der Waals surface area contributed by atoms with Gasteiger partial charge in [0.15, 0.2) is 0 Å². The van der Waals surface area contributed by atoms with Crippen molar-refractivity contribution in [3.63, 3.8) is 0 Å². The zero-order valence-electron chi connectivity index (χ0n) is 16.8. The molecule has 30 heavy (non-hydrogen) atoms. The average Bonchev–Trinajstić information content (AvgIpc) is 2.74. The van der Waals surface area contributed by atoms with Gasteiger partial charge in [0.2, 0.25) is 11.9 Å². The Labute approximate surface area is 175 Å². The second-order valence-electron chi connectivity index (χ2n) is 7.06. The third-order valence-corrected chi connectivity index (χ3v) is 4.73. The highest BCUT2D eigenvalue weighted by Gasteiger charge is 2.13. The van der Waals surface area contributed by atoms with Crippen LogP contribution in [0.3, 0.4) is 0 Å². The van der Waals surface area contributed by atoms with Crippen LogP contribution in [-0.4, -0.2) is 42.2 Å². The zero-order valence-corrected chi connectivity index (χ0v) is 16.8. The van der Waals surface area contributed by atoms with Crippen molar-refractivity contribution in [1.29, 1.82) is 0 Å². The molecule has 2 heterocycles. The first-order valence-corrected chi connectivity index (χ1v) is 9.78. The molecule has 154 valence electrons. The number of aromatic nitrogens is 2. The van der Waals surface area contributed by atoms with Crippen molar-refractivity contribution in [3.05, 3.63) is 54.7 Å². The standard InChI is InChI=1S/C22H24N6O2/c1-15(29)25-18-4-2-16(3-5-18)21-6-7-24-22(27-21)26-19-12-17(23)13-20(14-19)28-8-10-30-11-9-28/h2-7,12-14H,8-11,23H2,1H3,(H,25,29)(H,24,26,27). The third kappa shape index (κ3) is 4.84. The van der Waals surface area contributed by atoms with Crippen LogP contribution in [-0.2, 0) is 9.53 Å². The van der Waals surface area contributed by atoms with Gasteiger partial charge < -0.3 is 26.0 Å². The van der Waals surface area contributed by atoms with E-state index in [0.29, 0.717) is 24.8 Å². The number of hydrogen-bond acceptors (Lipinski definition) is 7. The van der Waals surface area contributed by atoms with E-state index in [0.717, 1.165) is 41.4 Å². The quantitative estimate of drug-likeness (QED) is 0.561. The van der Waals surface area contributed by atoms with Gasteiger partial charge in [-0.3, -0.25) is 4.79 Å². The highest BCUT2D eigenvalue weighted by molar-refractivity contribution is 5.88. The van der Waals surface area contributed by atoms with Gasteiger partial charge in [-0.25, -0.2) is 9.97 Å². The molecule has 0 radical (unpaired) electrons. The lowest BCUT2D eigenvalue weighted by Gasteiger charge is -2.29. The maximum Gasteiger partial charge on any atom is 0.227 e. The van der Waals surface area contributed by atoms with Gasteiger partial charge >= 0.3 is 0 Å². The Balaban J connectivity index is 1.53. The number of nitrogens with two attached hydrogens (primary N) is 1. The molecule has 0 unspecified atom stereocenters. The van der Waals surface area contributed by atoms with E-state index >= 15 is 0 Å². The number of anilines is 5. The van der Waals surface area contributed by atoms with E-state index in [2.05, 4.69) is 25.5 Å². The highest BCUT2D eigenvalue weighted by atomic mass is 16.5. The minimum absolute atomic E-state index is 0.102. The molecule has 0 spiro atoms. The summed E-state index contributed by atoms with van der Waals surface area (Å²) in [5.74, 6) is 0.381. The molecule has 0 saturated carbocycles. The van der Waals surface area contributed by atoms with Crippen LogP contribution in [0.15, 0.2) is 54.7 Å². The molecular formula is C22H24N6O2. The molecule has 1 amide bonds. The fraction of sp³-hybridized carbons (Fsp3) is 0.227. The molecule has 0 aliphatic carbocycles. The Morgan fingerprint density at radius 3 is 2.57 bits per heavy atom. The largest absolute Gasteiger partial charge is 0.399 e. The van der Waals surface area contributed by atoms with Crippen molar-refractivity contribution in [2.75, 3.05) is 47.6 Å². The summed E-state index contributed by atoms with van der Waals surface area (Å²) in [6.45, 7) is 4.58. The summed E-state index contributed by atoms with van der Waals surface area (Å²) in [5, 5.41) is 6.01. The van der Waals surface area contributed by atoms with Gasteiger partial charge in [-0.15, -0.1) is 0 Å². The van der Waals surface area contributed by atoms with Crippen LogP contribution in [0.5, 0.6) is 0 Å². The predicted molar refractivity (Wildman–Crippen MR) is 119 cm³/mol. The van der Waals surface area contributed by atoms with Crippen LogP contribution < -0.4 is 21.3 Å². The van der Waals surface area contributed by atoms with Crippen molar-refractivity contribution in [1.82, 2.24) is 9.97 Å². The summed E-state index contributed by atoms with van der Waals surface area (Å²) in [6.07, 6.45) is 1.71. The Morgan fingerprint density at radius 1 is 1.07 bits per heavy atom. The van der Waals surface area contributed by atoms with Gasteiger partial charge in [0.05, 0.1) is 18.9 Å². The van der Waals surface area contributed by atoms with Crippen LogP contribution in [0, 0.1) is 0 Å². The van der Waals surface area contributed by atoms with E-state index in [9.17, 15) is 4.79 Å². The molecule has 3 aromatic rings. The summed E-state index contributed by atoms with van der Waals surface area (Å²) in [7, 11) is 0. The van der Waals surface area contributed by atoms with Gasteiger partial charge in [0, 0.05) is 54.5 Å². The molecule has 0 bridgehead atoms. The molecule has 1 aliphatic rings. The minimum Gasteiger partial charge on any atom is -0.399 e. The number of nitrogen functional groups attached to an aromatic ring is 1. The fourth-order valence-corrected chi connectivity index (χ4v) is 3.35. The van der Waals surface area contributed by atoms with Crippen LogP contribution in [0.1, 0.15) is 6.92 Å². The molecule has 0 atom stereocenters. The number of rotatable bonds is 5. The Morgan fingerprint density at radius 2 is 1.83 bits per heavy atom. The maximum atomic E-state index is 11.2. The summed E-state index contributed by atoms with van der Waals surface area (Å²) < 4.78 is 5.43. The first kappa shape index (κ1) is 19.7. The number of nitrogens with one attached hydrogen (secondary N) is 2. The lowest BCUT2D eigenvalue weighted by molar-refractivity contribution is -0.114. The van der Waals surface area contributed by atoms with Crippen molar-refractivity contribution in [2.45, 2.75) is 6.92 Å². The van der Waals surface area contributed by atoms with Crippen LogP contribution in [0.25, 0.3) is 11.3 Å². The van der Waals surface area contributed by atoms with E-state index in [1.54, 1.807) is 6.20 Å². The molecule has 1 saturated heterocycles. The smallest absolute Gasteiger partial charge is 0.227 e. The van der Waals surface area contributed by atoms with Crippen molar-refractivity contribution >= 4 is 34.6 Å². The van der Waals surface area contributed by atoms with E-state index in [1.165, 1.54) is 6.92 Å². The molecule has 1 aromatic heterocycles. The van der Waals surface area contributed by atoms with Gasteiger partial charge in [-0.1, -0.05) is 12.1 Å². The number of hydrogen-bond donors (Lipinski definition) is 3. The maximum absolute atomic E-state index is 11.2. The third-order valence-electron chi connectivity index (χ3n) is 4.73. The Kier molecular flexibility index (Phi) is 5.76. The molecular weight excluding hydrogens is 380 g/mol. The molecule has 8 heteroatoms. The lowest BCUT2D eigenvalue weighted by Crippen LogP contribution is -2.36. The summed E-state index contributed by atoms with van der Waals surface area (Å²) in [4.78, 5) is 22.4. The highest BCUT2D eigenvalue weighted by Crippen LogP contribution is 2.27. The zero-order chi connectivity index (χ0) is 20.9. The van der Waals surface area contributed by atoms with Crippen LogP contribution in [0.2, 0.25) is 0 Å². The molecule has 4 rings (SSSR count). The molecule has 1 fully saturated rings. The summed E-state index contributed by atoms with van der Waals surface area (Å²) in [6, 6.07) is 15.2. The van der Waals surface area contributed by atoms with Gasteiger partial charge in [-0.05, 0) is 36.4 Å². The van der Waals surface area contributed by atoms with Crippen LogP contribution in [0.4, 0.5) is 28.7 Å². The van der Waals surface area contributed by atoms with Crippen LogP contribution >= 0.6 is 0 Å². The normalized spacial score (nSPS) is 13.7. The SMILES string of the molecule is CC(=O)Nc1ccc(-c2ccnc(Nc3cc(N)cc(N4CCOCC4)c3)n2)cc1. The van der Waals surface area contributed by atoms with E-state index < -0.39 is 0 Å². The number of morpholine rings is 1. The lowest BCUT2D eigenvalue weighted by atomic mass is 10.1. The summed E-state index contributed by atoms with van der Waals surface area (Å²) >= 11 is 0. The van der Waals surface area contributed by atoms with E-state index in [4.69, 9.17) is 10.5 Å². The monoisotopic (exact) mass is 404 g/mol. The van der Waals surface area contributed by atoms with Gasteiger partial charge in [-0.2, -0.15) is 0 Å². The minimum atomic E-state index is -0.102. The second kappa shape index (κ2) is 8.79. The number of amides is 1. The Bertz CT molecular complexity index is 1030. The van der Waals surface area contributed by atoms with E-state index in [1.807, 2.05) is 48.5 Å².